The quantitative estimate of drug-likeness (QED) is 0.900. The second-order valence-electron chi connectivity index (χ2n) is 6.10. The van der Waals surface area contributed by atoms with Gasteiger partial charge in [-0.25, -0.2) is 4.39 Å². The number of halogens is 1. The summed E-state index contributed by atoms with van der Waals surface area (Å²) in [4.78, 5) is 0. The van der Waals surface area contributed by atoms with E-state index in [0.717, 1.165) is 0 Å². The van der Waals surface area contributed by atoms with Crippen molar-refractivity contribution in [1.82, 2.24) is 5.32 Å². The summed E-state index contributed by atoms with van der Waals surface area (Å²) in [5.41, 5.74) is 1.12. The maximum absolute atomic E-state index is 13.8. The lowest BCUT2D eigenvalue weighted by molar-refractivity contribution is 0.204. The first-order chi connectivity index (χ1) is 9.61. The highest BCUT2D eigenvalue weighted by atomic mass is 19.1. The van der Waals surface area contributed by atoms with E-state index in [2.05, 4.69) is 25.2 Å². The van der Waals surface area contributed by atoms with Crippen molar-refractivity contribution >= 4 is 0 Å². The maximum atomic E-state index is 13.8. The third-order valence-electron chi connectivity index (χ3n) is 4.41. The lowest BCUT2D eigenvalue weighted by atomic mass is 9.78. The van der Waals surface area contributed by atoms with E-state index in [-0.39, 0.29) is 5.82 Å². The molecule has 20 heavy (non-hydrogen) atoms. The zero-order valence-corrected chi connectivity index (χ0v) is 12.3. The Kier molecular flexibility index (Phi) is 5.14. The fraction of sp³-hybridized carbons (Fsp3) is 0.588. The summed E-state index contributed by atoms with van der Waals surface area (Å²) in [5, 5.41) is 12.4. The molecule has 2 atom stereocenters. The van der Waals surface area contributed by atoms with Crippen molar-refractivity contribution in [2.45, 2.75) is 52.1 Å². The Morgan fingerprint density at radius 1 is 1.35 bits per heavy atom. The zero-order chi connectivity index (χ0) is 14.5. The Morgan fingerprint density at radius 3 is 2.80 bits per heavy atom. The van der Waals surface area contributed by atoms with Gasteiger partial charge in [0.1, 0.15) is 5.82 Å². The molecule has 3 heteroatoms. The molecule has 0 spiro atoms. The first kappa shape index (κ1) is 15.0. The molecule has 0 heterocycles. The minimum Gasteiger partial charge on any atom is -0.310 e. The summed E-state index contributed by atoms with van der Waals surface area (Å²) in [7, 11) is 0. The van der Waals surface area contributed by atoms with Crippen LogP contribution in [0.5, 0.6) is 0 Å². The van der Waals surface area contributed by atoms with Gasteiger partial charge in [-0.05, 0) is 42.9 Å². The normalized spacial score (nSPS) is 22.8. The Hall–Kier alpha value is -1.40. The Bertz CT molecular complexity index is 490. The molecule has 0 bridgehead atoms. The summed E-state index contributed by atoms with van der Waals surface area (Å²) in [6.07, 6.45) is 4.99. The van der Waals surface area contributed by atoms with Crippen molar-refractivity contribution in [3.63, 3.8) is 0 Å². The Labute approximate surface area is 121 Å². The van der Waals surface area contributed by atoms with E-state index >= 15 is 0 Å². The molecule has 1 N–H and O–H groups in total. The van der Waals surface area contributed by atoms with Crippen LogP contribution >= 0.6 is 0 Å². The van der Waals surface area contributed by atoms with Crippen LogP contribution in [0.4, 0.5) is 4.39 Å². The largest absolute Gasteiger partial charge is 0.310 e. The molecule has 1 aliphatic rings. The van der Waals surface area contributed by atoms with Crippen LogP contribution in [-0.4, -0.2) is 6.04 Å². The fourth-order valence-electron chi connectivity index (χ4n) is 3.23. The summed E-state index contributed by atoms with van der Waals surface area (Å²) in [5.74, 6) is 1.10. The topological polar surface area (TPSA) is 35.8 Å². The Morgan fingerprint density at radius 2 is 2.10 bits per heavy atom. The standard InChI is InChI=1S/C17H23FN2/c1-12(2)15-5-3-4-6-17(15)20-11-14-9-13(10-19)7-8-16(14)18/h7-9,12,15,17,20H,3-6,11H2,1-2H3. The first-order valence-corrected chi connectivity index (χ1v) is 7.53. The molecule has 1 aromatic carbocycles. The van der Waals surface area contributed by atoms with Crippen molar-refractivity contribution in [3.8, 4) is 6.07 Å². The average Bonchev–Trinajstić information content (AvgIpc) is 2.46. The van der Waals surface area contributed by atoms with Gasteiger partial charge < -0.3 is 5.32 Å². The number of hydrogen-bond acceptors (Lipinski definition) is 2. The molecular formula is C17H23FN2. The summed E-state index contributed by atoms with van der Waals surface area (Å²) < 4.78 is 13.8. The number of nitrogens with one attached hydrogen (secondary N) is 1. The van der Waals surface area contributed by atoms with E-state index in [1.54, 1.807) is 6.07 Å². The van der Waals surface area contributed by atoms with Crippen LogP contribution in [0.1, 0.15) is 50.7 Å². The molecular weight excluding hydrogens is 251 g/mol. The summed E-state index contributed by atoms with van der Waals surface area (Å²) >= 11 is 0. The highest BCUT2D eigenvalue weighted by Gasteiger charge is 2.27. The third kappa shape index (κ3) is 3.58. The Balaban J connectivity index is 2.02. The average molecular weight is 274 g/mol. The van der Waals surface area contributed by atoms with E-state index in [0.29, 0.717) is 35.5 Å². The molecule has 1 aromatic rings. The molecule has 2 rings (SSSR count). The third-order valence-corrected chi connectivity index (χ3v) is 4.41. The molecule has 2 nitrogen and oxygen atoms in total. The van der Waals surface area contributed by atoms with Gasteiger partial charge in [-0.2, -0.15) is 5.26 Å². The van der Waals surface area contributed by atoms with E-state index in [4.69, 9.17) is 5.26 Å². The second-order valence-corrected chi connectivity index (χ2v) is 6.10. The van der Waals surface area contributed by atoms with E-state index in [9.17, 15) is 4.39 Å². The lowest BCUT2D eigenvalue weighted by Crippen LogP contribution is -2.40. The number of hydrogen-bond donors (Lipinski definition) is 1. The number of benzene rings is 1. The van der Waals surface area contributed by atoms with Crippen LogP contribution < -0.4 is 5.32 Å². The lowest BCUT2D eigenvalue weighted by Gasteiger charge is -2.35. The van der Waals surface area contributed by atoms with Crippen LogP contribution in [0.15, 0.2) is 18.2 Å². The van der Waals surface area contributed by atoms with Crippen molar-refractivity contribution in [3.05, 3.63) is 35.1 Å². The van der Waals surface area contributed by atoms with Crippen molar-refractivity contribution in [2.24, 2.45) is 11.8 Å². The molecule has 0 saturated heterocycles. The summed E-state index contributed by atoms with van der Waals surface area (Å²) in [6.45, 7) is 5.04. The number of nitriles is 1. The van der Waals surface area contributed by atoms with Crippen LogP contribution in [-0.2, 0) is 6.54 Å². The molecule has 1 fully saturated rings. The molecule has 108 valence electrons. The van der Waals surface area contributed by atoms with Gasteiger partial charge in [-0.15, -0.1) is 0 Å². The van der Waals surface area contributed by atoms with Crippen LogP contribution in [0.25, 0.3) is 0 Å². The van der Waals surface area contributed by atoms with Gasteiger partial charge in [-0.3, -0.25) is 0 Å². The summed E-state index contributed by atoms with van der Waals surface area (Å²) in [6, 6.07) is 7.09. The SMILES string of the molecule is CC(C)C1CCCCC1NCc1cc(C#N)ccc1F. The van der Waals surface area contributed by atoms with Gasteiger partial charge in [0.25, 0.3) is 0 Å². The maximum Gasteiger partial charge on any atom is 0.127 e. The monoisotopic (exact) mass is 274 g/mol. The van der Waals surface area contributed by atoms with E-state index in [1.807, 2.05) is 0 Å². The smallest absolute Gasteiger partial charge is 0.127 e. The molecule has 0 radical (unpaired) electrons. The highest BCUT2D eigenvalue weighted by Crippen LogP contribution is 2.30. The predicted octanol–water partition coefficient (Wildman–Crippen LogP) is 4.00. The van der Waals surface area contributed by atoms with Gasteiger partial charge in [0.2, 0.25) is 0 Å². The molecule has 2 unspecified atom stereocenters. The van der Waals surface area contributed by atoms with Gasteiger partial charge in [0.15, 0.2) is 0 Å². The molecule has 0 aromatic heterocycles. The van der Waals surface area contributed by atoms with Crippen molar-refractivity contribution in [2.75, 3.05) is 0 Å². The first-order valence-electron chi connectivity index (χ1n) is 7.53. The van der Waals surface area contributed by atoms with Crippen LogP contribution in [0.3, 0.4) is 0 Å². The van der Waals surface area contributed by atoms with Gasteiger partial charge >= 0.3 is 0 Å². The van der Waals surface area contributed by atoms with E-state index in [1.165, 1.54) is 37.8 Å². The highest BCUT2D eigenvalue weighted by molar-refractivity contribution is 5.33. The zero-order valence-electron chi connectivity index (χ0n) is 12.3. The minimum absolute atomic E-state index is 0.228. The van der Waals surface area contributed by atoms with Crippen molar-refractivity contribution < 1.29 is 4.39 Å². The fourth-order valence-corrected chi connectivity index (χ4v) is 3.23. The molecule has 1 aliphatic carbocycles. The molecule has 1 saturated carbocycles. The van der Waals surface area contributed by atoms with Gasteiger partial charge in [-0.1, -0.05) is 26.7 Å². The molecule has 0 amide bonds. The van der Waals surface area contributed by atoms with Crippen molar-refractivity contribution in [1.29, 1.82) is 5.26 Å². The van der Waals surface area contributed by atoms with Gasteiger partial charge in [0, 0.05) is 18.2 Å². The van der Waals surface area contributed by atoms with Crippen LogP contribution in [0.2, 0.25) is 0 Å². The van der Waals surface area contributed by atoms with Crippen LogP contribution in [0, 0.1) is 29.0 Å². The molecule has 0 aliphatic heterocycles. The number of nitrogens with zero attached hydrogens (tertiary/aromatic N) is 1. The minimum atomic E-state index is -0.228. The van der Waals surface area contributed by atoms with Gasteiger partial charge in [0.05, 0.1) is 11.6 Å². The number of rotatable bonds is 4. The second kappa shape index (κ2) is 6.85. The van der Waals surface area contributed by atoms with E-state index < -0.39 is 0 Å². The predicted molar refractivity (Wildman–Crippen MR) is 78.5 cm³/mol.